The molecule has 0 radical (unpaired) electrons. The number of ether oxygens (including phenoxy) is 2. The quantitative estimate of drug-likeness (QED) is 0.770. The first-order chi connectivity index (χ1) is 12.8. The standard InChI is InChI=1S/C18H19F3N2O3S/c1-25-14-6-5-11(8-15(14)26-2)16-22-13(10-27-16)17(24)23-7-3-4-12(9-23)18(19,20)21/h5-6,8,10,12H,3-4,7,9H2,1-2H3/t12-/m1/s1. The Morgan fingerprint density at radius 1 is 1.26 bits per heavy atom. The van der Waals surface area contributed by atoms with E-state index < -0.39 is 18.0 Å². The summed E-state index contributed by atoms with van der Waals surface area (Å²) in [5.41, 5.74) is 0.899. The minimum Gasteiger partial charge on any atom is -0.493 e. The van der Waals surface area contributed by atoms with Crippen molar-refractivity contribution in [1.29, 1.82) is 0 Å². The number of nitrogens with zero attached hydrogens (tertiary/aromatic N) is 2. The van der Waals surface area contributed by atoms with Gasteiger partial charge in [0.15, 0.2) is 11.5 Å². The number of aromatic nitrogens is 1. The Hall–Kier alpha value is -2.29. The smallest absolute Gasteiger partial charge is 0.393 e. The normalized spacial score (nSPS) is 17.7. The van der Waals surface area contributed by atoms with E-state index in [0.29, 0.717) is 29.5 Å². The minimum absolute atomic E-state index is 0.0568. The molecule has 0 spiro atoms. The van der Waals surface area contributed by atoms with Crippen LogP contribution in [0.3, 0.4) is 0 Å². The topological polar surface area (TPSA) is 51.7 Å². The van der Waals surface area contributed by atoms with E-state index in [-0.39, 0.29) is 18.7 Å². The average molecular weight is 400 g/mol. The van der Waals surface area contributed by atoms with E-state index in [4.69, 9.17) is 9.47 Å². The van der Waals surface area contributed by atoms with Crippen LogP contribution in [-0.2, 0) is 0 Å². The summed E-state index contributed by atoms with van der Waals surface area (Å²) in [6, 6.07) is 5.26. The Morgan fingerprint density at radius 3 is 2.67 bits per heavy atom. The molecule has 0 aliphatic carbocycles. The average Bonchev–Trinajstić information content (AvgIpc) is 3.16. The van der Waals surface area contributed by atoms with Crippen molar-refractivity contribution in [3.63, 3.8) is 0 Å². The van der Waals surface area contributed by atoms with E-state index in [1.54, 1.807) is 23.6 Å². The van der Waals surface area contributed by atoms with Crippen molar-refractivity contribution in [3.05, 3.63) is 29.3 Å². The van der Waals surface area contributed by atoms with Gasteiger partial charge in [0.25, 0.3) is 5.91 Å². The number of benzene rings is 1. The van der Waals surface area contributed by atoms with Crippen LogP contribution >= 0.6 is 11.3 Å². The van der Waals surface area contributed by atoms with Crippen LogP contribution in [0.2, 0.25) is 0 Å². The fraction of sp³-hybridized carbons (Fsp3) is 0.444. The zero-order valence-electron chi connectivity index (χ0n) is 14.9. The van der Waals surface area contributed by atoms with Crippen molar-refractivity contribution in [2.45, 2.75) is 19.0 Å². The molecule has 0 bridgehead atoms. The summed E-state index contributed by atoms with van der Waals surface area (Å²) in [6.45, 7) is 0.000183. The number of likely N-dealkylation sites (tertiary alicyclic amines) is 1. The van der Waals surface area contributed by atoms with Gasteiger partial charge >= 0.3 is 6.18 Å². The van der Waals surface area contributed by atoms with E-state index in [0.717, 1.165) is 5.56 Å². The minimum atomic E-state index is -4.29. The molecule has 0 N–H and O–H groups in total. The molecule has 1 aromatic heterocycles. The first-order valence-electron chi connectivity index (χ1n) is 8.37. The first-order valence-corrected chi connectivity index (χ1v) is 9.25. The van der Waals surface area contributed by atoms with Gasteiger partial charge in [-0.25, -0.2) is 4.98 Å². The highest BCUT2D eigenvalue weighted by molar-refractivity contribution is 7.13. The molecule has 2 aromatic rings. The molecule has 9 heteroatoms. The number of hydrogen-bond donors (Lipinski definition) is 0. The fourth-order valence-electron chi connectivity index (χ4n) is 3.06. The van der Waals surface area contributed by atoms with E-state index >= 15 is 0 Å². The molecule has 1 atom stereocenters. The van der Waals surface area contributed by atoms with Gasteiger partial charge < -0.3 is 14.4 Å². The number of carbonyl (C=O) groups is 1. The second kappa shape index (κ2) is 7.75. The van der Waals surface area contributed by atoms with Gasteiger partial charge in [-0.15, -0.1) is 11.3 Å². The summed E-state index contributed by atoms with van der Waals surface area (Å²) in [6.07, 6.45) is -3.89. The summed E-state index contributed by atoms with van der Waals surface area (Å²) < 4.78 is 49.4. The van der Waals surface area contributed by atoms with Gasteiger partial charge in [-0.2, -0.15) is 13.2 Å². The van der Waals surface area contributed by atoms with Crippen molar-refractivity contribution >= 4 is 17.2 Å². The molecule has 1 fully saturated rings. The number of carbonyl (C=O) groups excluding carboxylic acids is 1. The molecule has 2 heterocycles. The zero-order valence-corrected chi connectivity index (χ0v) is 15.7. The van der Waals surface area contributed by atoms with Crippen LogP contribution in [0.25, 0.3) is 10.6 Å². The third-order valence-electron chi connectivity index (χ3n) is 4.53. The molecule has 27 heavy (non-hydrogen) atoms. The lowest BCUT2D eigenvalue weighted by Crippen LogP contribution is -2.44. The van der Waals surface area contributed by atoms with E-state index in [1.807, 2.05) is 0 Å². The predicted octanol–water partition coefficient (Wildman–Crippen LogP) is 4.24. The van der Waals surface area contributed by atoms with Crippen LogP contribution in [-0.4, -0.2) is 49.3 Å². The lowest BCUT2D eigenvalue weighted by molar-refractivity contribution is -0.184. The maximum Gasteiger partial charge on any atom is 0.393 e. The number of amides is 1. The van der Waals surface area contributed by atoms with Gasteiger partial charge in [-0.1, -0.05) is 0 Å². The van der Waals surface area contributed by atoms with Gasteiger partial charge in [-0.3, -0.25) is 4.79 Å². The highest BCUT2D eigenvalue weighted by atomic mass is 32.1. The summed E-state index contributed by atoms with van der Waals surface area (Å²) in [5, 5.41) is 2.16. The van der Waals surface area contributed by atoms with Gasteiger partial charge in [0.05, 0.1) is 20.1 Å². The van der Waals surface area contributed by atoms with E-state index in [1.165, 1.54) is 30.5 Å². The van der Waals surface area contributed by atoms with E-state index in [9.17, 15) is 18.0 Å². The maximum absolute atomic E-state index is 13.0. The fourth-order valence-corrected chi connectivity index (χ4v) is 3.86. The van der Waals surface area contributed by atoms with Crippen molar-refractivity contribution in [2.24, 2.45) is 5.92 Å². The molecule has 146 valence electrons. The van der Waals surface area contributed by atoms with E-state index in [2.05, 4.69) is 4.98 Å². The molecule has 0 saturated carbocycles. The number of thiazole rings is 1. The third-order valence-corrected chi connectivity index (χ3v) is 5.42. The Labute approximate surface area is 158 Å². The number of alkyl halides is 3. The van der Waals surface area contributed by atoms with Crippen LogP contribution in [0.4, 0.5) is 13.2 Å². The van der Waals surface area contributed by atoms with Gasteiger partial charge in [0.2, 0.25) is 0 Å². The summed E-state index contributed by atoms with van der Waals surface area (Å²) in [7, 11) is 3.05. The molecule has 1 amide bonds. The van der Waals surface area contributed by atoms with Crippen molar-refractivity contribution in [1.82, 2.24) is 9.88 Å². The lowest BCUT2D eigenvalue weighted by Gasteiger charge is -2.33. The van der Waals surface area contributed by atoms with Crippen molar-refractivity contribution < 1.29 is 27.4 Å². The Bertz CT molecular complexity index is 822. The lowest BCUT2D eigenvalue weighted by atomic mass is 9.97. The van der Waals surface area contributed by atoms with Crippen LogP contribution in [0.1, 0.15) is 23.3 Å². The molecule has 1 aliphatic rings. The highest BCUT2D eigenvalue weighted by Crippen LogP contribution is 2.35. The van der Waals surface area contributed by atoms with Crippen LogP contribution in [0.5, 0.6) is 11.5 Å². The largest absolute Gasteiger partial charge is 0.493 e. The number of hydrogen-bond acceptors (Lipinski definition) is 5. The van der Waals surface area contributed by atoms with Gasteiger partial charge in [-0.05, 0) is 31.0 Å². The number of rotatable bonds is 4. The van der Waals surface area contributed by atoms with Gasteiger partial charge in [0, 0.05) is 24.0 Å². The van der Waals surface area contributed by atoms with Crippen molar-refractivity contribution in [3.8, 4) is 22.1 Å². The van der Waals surface area contributed by atoms with Crippen LogP contribution in [0, 0.1) is 5.92 Å². The molecule has 1 aliphatic heterocycles. The molecular formula is C18H19F3N2O3S. The number of halogens is 3. The SMILES string of the molecule is COc1ccc(-c2nc(C(=O)N3CCC[C@@H](C(F)(F)F)C3)cs2)cc1OC. The molecule has 0 unspecified atom stereocenters. The molecule has 1 aromatic carbocycles. The molecule has 3 rings (SSSR count). The van der Waals surface area contributed by atoms with Crippen LogP contribution in [0.15, 0.2) is 23.6 Å². The Morgan fingerprint density at radius 2 is 2.00 bits per heavy atom. The van der Waals surface area contributed by atoms with Crippen LogP contribution < -0.4 is 9.47 Å². The summed E-state index contributed by atoms with van der Waals surface area (Å²) in [5.74, 6) is -0.839. The second-order valence-electron chi connectivity index (χ2n) is 6.24. The maximum atomic E-state index is 13.0. The number of piperidine rings is 1. The monoisotopic (exact) mass is 400 g/mol. The number of methoxy groups -OCH3 is 2. The third kappa shape index (κ3) is 4.18. The summed E-state index contributed by atoms with van der Waals surface area (Å²) >= 11 is 1.26. The molecule has 5 nitrogen and oxygen atoms in total. The Balaban J connectivity index is 1.78. The Kier molecular flexibility index (Phi) is 5.59. The van der Waals surface area contributed by atoms with Crippen molar-refractivity contribution in [2.75, 3.05) is 27.3 Å². The first kappa shape index (κ1) is 19.5. The molecular weight excluding hydrogens is 381 g/mol. The predicted molar refractivity (Wildman–Crippen MR) is 95.3 cm³/mol. The summed E-state index contributed by atoms with van der Waals surface area (Å²) in [4.78, 5) is 18.2. The van der Waals surface area contributed by atoms with Gasteiger partial charge in [0.1, 0.15) is 10.7 Å². The zero-order chi connectivity index (χ0) is 19.6. The second-order valence-corrected chi connectivity index (χ2v) is 7.10. The molecule has 1 saturated heterocycles. The highest BCUT2D eigenvalue weighted by Gasteiger charge is 2.43.